The fourth-order valence-corrected chi connectivity index (χ4v) is 2.41. The second-order valence-corrected chi connectivity index (χ2v) is 5.82. The Morgan fingerprint density at radius 1 is 1.45 bits per heavy atom. The van der Waals surface area contributed by atoms with Gasteiger partial charge in [-0.1, -0.05) is 25.1 Å². The van der Waals surface area contributed by atoms with Crippen LogP contribution in [-0.2, 0) is 5.75 Å². The molecule has 0 saturated heterocycles. The van der Waals surface area contributed by atoms with Gasteiger partial charge in [0.2, 0.25) is 5.89 Å². The monoisotopic (exact) mass is 292 g/mol. The number of rotatable bonds is 5. The Morgan fingerprint density at radius 2 is 2.20 bits per heavy atom. The zero-order chi connectivity index (χ0) is 14.7. The van der Waals surface area contributed by atoms with Crippen molar-refractivity contribution in [3.8, 4) is 0 Å². The predicted octanol–water partition coefficient (Wildman–Crippen LogP) is 3.49. The predicted molar refractivity (Wildman–Crippen MR) is 76.1 cm³/mol. The highest BCUT2D eigenvalue weighted by atomic mass is 32.2. The summed E-state index contributed by atoms with van der Waals surface area (Å²) in [7, 11) is 0. The van der Waals surface area contributed by atoms with Gasteiger partial charge in [0.05, 0.1) is 11.3 Å². The van der Waals surface area contributed by atoms with E-state index in [1.54, 1.807) is 13.0 Å². The normalized spacial score (nSPS) is 11.0. The van der Waals surface area contributed by atoms with Crippen molar-refractivity contribution < 1.29 is 14.4 Å². The maximum absolute atomic E-state index is 11.1. The average Bonchev–Trinajstić information content (AvgIpc) is 2.86. The van der Waals surface area contributed by atoms with Crippen LogP contribution >= 0.6 is 11.8 Å². The van der Waals surface area contributed by atoms with Crippen molar-refractivity contribution in [3.63, 3.8) is 0 Å². The molecule has 106 valence electrons. The van der Waals surface area contributed by atoms with E-state index in [1.807, 2.05) is 26.0 Å². The first-order chi connectivity index (χ1) is 9.47. The second-order valence-electron chi connectivity index (χ2n) is 4.77. The number of nitrogens with zero attached hydrogens (tertiary/aromatic N) is 2. The summed E-state index contributed by atoms with van der Waals surface area (Å²) >= 11 is 1.49. The first-order valence-electron chi connectivity index (χ1n) is 6.26. The Morgan fingerprint density at radius 3 is 2.80 bits per heavy atom. The van der Waals surface area contributed by atoms with Crippen molar-refractivity contribution in [2.75, 3.05) is 0 Å². The molecular formula is C14H16N2O3S. The summed E-state index contributed by atoms with van der Waals surface area (Å²) in [6, 6.07) is 5.38. The SMILES string of the molecule is Cc1ccc(SCc2noc(C(C)C)n2)cc1C(=O)O. The number of aryl methyl sites for hydroxylation is 1. The quantitative estimate of drug-likeness (QED) is 0.850. The van der Waals surface area contributed by atoms with Crippen LogP contribution in [0.15, 0.2) is 27.6 Å². The molecule has 2 aromatic rings. The van der Waals surface area contributed by atoms with E-state index in [4.69, 9.17) is 9.63 Å². The minimum absolute atomic E-state index is 0.208. The molecule has 1 aromatic carbocycles. The standard InChI is InChI=1S/C14H16N2O3S/c1-8(2)13-15-12(16-19-13)7-20-10-5-4-9(3)11(6-10)14(17)18/h4-6,8H,7H2,1-3H3,(H,17,18). The van der Waals surface area contributed by atoms with Crippen molar-refractivity contribution in [2.45, 2.75) is 37.3 Å². The fourth-order valence-electron chi connectivity index (χ4n) is 1.63. The van der Waals surface area contributed by atoms with E-state index in [2.05, 4.69) is 10.1 Å². The average molecular weight is 292 g/mol. The van der Waals surface area contributed by atoms with Crippen molar-refractivity contribution >= 4 is 17.7 Å². The Balaban J connectivity index is 2.06. The highest BCUT2D eigenvalue weighted by Gasteiger charge is 2.11. The van der Waals surface area contributed by atoms with E-state index in [9.17, 15) is 4.79 Å². The van der Waals surface area contributed by atoms with E-state index in [1.165, 1.54) is 11.8 Å². The number of aromatic nitrogens is 2. The van der Waals surface area contributed by atoms with Crippen LogP contribution in [-0.4, -0.2) is 21.2 Å². The first-order valence-corrected chi connectivity index (χ1v) is 7.25. The van der Waals surface area contributed by atoms with Crippen LogP contribution in [0.1, 0.15) is 47.4 Å². The molecule has 6 heteroatoms. The fraction of sp³-hybridized carbons (Fsp3) is 0.357. The maximum Gasteiger partial charge on any atom is 0.335 e. The Bertz CT molecular complexity index is 623. The minimum atomic E-state index is -0.911. The van der Waals surface area contributed by atoms with E-state index in [0.717, 1.165) is 10.5 Å². The zero-order valence-corrected chi connectivity index (χ0v) is 12.4. The van der Waals surface area contributed by atoms with Crippen LogP contribution in [0, 0.1) is 6.92 Å². The molecule has 1 N–H and O–H groups in total. The topological polar surface area (TPSA) is 76.2 Å². The van der Waals surface area contributed by atoms with E-state index >= 15 is 0 Å². The molecule has 0 spiro atoms. The van der Waals surface area contributed by atoms with Crippen LogP contribution in [0.25, 0.3) is 0 Å². The van der Waals surface area contributed by atoms with Gasteiger partial charge in [-0.2, -0.15) is 4.98 Å². The van der Waals surface area contributed by atoms with Crippen molar-refractivity contribution in [3.05, 3.63) is 41.0 Å². The summed E-state index contributed by atoms with van der Waals surface area (Å²) in [5.74, 6) is 1.09. The third-order valence-corrected chi connectivity index (χ3v) is 3.77. The minimum Gasteiger partial charge on any atom is -0.478 e. The van der Waals surface area contributed by atoms with Crippen LogP contribution in [0.2, 0.25) is 0 Å². The molecule has 20 heavy (non-hydrogen) atoms. The lowest BCUT2D eigenvalue weighted by Crippen LogP contribution is -1.99. The Hall–Kier alpha value is -1.82. The van der Waals surface area contributed by atoms with Crippen molar-refractivity contribution in [1.29, 1.82) is 0 Å². The molecule has 1 heterocycles. The summed E-state index contributed by atoms with van der Waals surface area (Å²) in [4.78, 5) is 16.2. The molecular weight excluding hydrogens is 276 g/mol. The molecule has 1 aromatic heterocycles. The molecule has 0 aliphatic carbocycles. The first kappa shape index (κ1) is 14.6. The summed E-state index contributed by atoms with van der Waals surface area (Å²) < 4.78 is 5.13. The number of hydrogen-bond donors (Lipinski definition) is 1. The molecule has 0 radical (unpaired) electrons. The van der Waals surface area contributed by atoms with Gasteiger partial charge in [-0.25, -0.2) is 4.79 Å². The molecule has 0 atom stereocenters. The van der Waals surface area contributed by atoms with Gasteiger partial charge >= 0.3 is 5.97 Å². The third kappa shape index (κ3) is 3.39. The largest absolute Gasteiger partial charge is 0.478 e. The van der Waals surface area contributed by atoms with Gasteiger partial charge in [0.1, 0.15) is 0 Å². The van der Waals surface area contributed by atoms with Crippen molar-refractivity contribution in [2.24, 2.45) is 0 Å². The lowest BCUT2D eigenvalue weighted by Gasteiger charge is -2.04. The summed E-state index contributed by atoms with van der Waals surface area (Å²) in [6.07, 6.45) is 0. The molecule has 0 saturated carbocycles. The lowest BCUT2D eigenvalue weighted by molar-refractivity contribution is 0.0696. The molecule has 0 aliphatic heterocycles. The molecule has 0 bridgehead atoms. The maximum atomic E-state index is 11.1. The third-order valence-electron chi connectivity index (χ3n) is 2.79. The van der Waals surface area contributed by atoms with Crippen LogP contribution in [0.4, 0.5) is 0 Å². The van der Waals surface area contributed by atoms with E-state index < -0.39 is 5.97 Å². The number of thioether (sulfide) groups is 1. The number of carboxylic acids is 1. The summed E-state index contributed by atoms with van der Waals surface area (Å²) in [5.41, 5.74) is 1.08. The number of hydrogen-bond acceptors (Lipinski definition) is 5. The highest BCUT2D eigenvalue weighted by Crippen LogP contribution is 2.24. The number of aromatic carboxylic acids is 1. The molecule has 0 fully saturated rings. The number of benzene rings is 1. The Labute approximate surface area is 121 Å². The highest BCUT2D eigenvalue weighted by molar-refractivity contribution is 7.98. The summed E-state index contributed by atoms with van der Waals surface area (Å²) in [6.45, 7) is 5.76. The van der Waals surface area contributed by atoms with E-state index in [0.29, 0.717) is 23.0 Å². The van der Waals surface area contributed by atoms with Crippen LogP contribution in [0.5, 0.6) is 0 Å². The lowest BCUT2D eigenvalue weighted by atomic mass is 10.1. The molecule has 5 nitrogen and oxygen atoms in total. The van der Waals surface area contributed by atoms with Gasteiger partial charge in [0, 0.05) is 10.8 Å². The van der Waals surface area contributed by atoms with Gasteiger partial charge < -0.3 is 9.63 Å². The van der Waals surface area contributed by atoms with Crippen LogP contribution in [0.3, 0.4) is 0 Å². The van der Waals surface area contributed by atoms with Crippen LogP contribution < -0.4 is 0 Å². The smallest absolute Gasteiger partial charge is 0.335 e. The van der Waals surface area contributed by atoms with E-state index in [-0.39, 0.29) is 5.92 Å². The number of carbonyl (C=O) groups is 1. The molecule has 0 aliphatic rings. The zero-order valence-electron chi connectivity index (χ0n) is 11.6. The van der Waals surface area contributed by atoms with Gasteiger partial charge in [0.25, 0.3) is 0 Å². The van der Waals surface area contributed by atoms with Gasteiger partial charge in [-0.15, -0.1) is 11.8 Å². The second kappa shape index (κ2) is 6.09. The summed E-state index contributed by atoms with van der Waals surface area (Å²) in [5, 5.41) is 13.0. The Kier molecular flexibility index (Phi) is 4.44. The molecule has 2 rings (SSSR count). The molecule has 0 amide bonds. The van der Waals surface area contributed by atoms with Gasteiger partial charge in [0.15, 0.2) is 5.82 Å². The number of carboxylic acid groups (broad SMARTS) is 1. The molecule has 0 unspecified atom stereocenters. The van der Waals surface area contributed by atoms with Crippen molar-refractivity contribution in [1.82, 2.24) is 10.1 Å². The van der Waals surface area contributed by atoms with Gasteiger partial charge in [-0.05, 0) is 24.6 Å². The van der Waals surface area contributed by atoms with Gasteiger partial charge in [-0.3, -0.25) is 0 Å².